The molecule has 1 aromatic heterocycles. The maximum atomic E-state index is 13.6. The van der Waals surface area contributed by atoms with Gasteiger partial charge < -0.3 is 4.90 Å². The van der Waals surface area contributed by atoms with Gasteiger partial charge in [0.1, 0.15) is 0 Å². The van der Waals surface area contributed by atoms with Crippen LogP contribution in [0.5, 0.6) is 0 Å². The highest BCUT2D eigenvalue weighted by Crippen LogP contribution is 2.32. The lowest BCUT2D eigenvalue weighted by Crippen LogP contribution is -2.38. The van der Waals surface area contributed by atoms with Crippen LogP contribution in [0.3, 0.4) is 0 Å². The topological polar surface area (TPSA) is 73.8 Å². The molecule has 1 aliphatic carbocycles. The van der Waals surface area contributed by atoms with E-state index in [1.165, 1.54) is 33.2 Å². The van der Waals surface area contributed by atoms with Crippen molar-refractivity contribution >= 4 is 42.6 Å². The Labute approximate surface area is 218 Å². The summed E-state index contributed by atoms with van der Waals surface area (Å²) in [5, 5.41) is 0.649. The van der Waals surface area contributed by atoms with Gasteiger partial charge in [-0.1, -0.05) is 30.6 Å². The molecule has 1 saturated carbocycles. The van der Waals surface area contributed by atoms with E-state index in [1.807, 2.05) is 19.0 Å². The van der Waals surface area contributed by atoms with Crippen molar-refractivity contribution in [2.75, 3.05) is 39.1 Å². The van der Waals surface area contributed by atoms with Crippen molar-refractivity contribution < 1.29 is 13.2 Å². The summed E-state index contributed by atoms with van der Waals surface area (Å²) in [4.78, 5) is 22.3. The van der Waals surface area contributed by atoms with Crippen molar-refractivity contribution in [2.45, 2.75) is 56.9 Å². The van der Waals surface area contributed by atoms with Crippen molar-refractivity contribution in [3.63, 3.8) is 0 Å². The third-order valence-electron chi connectivity index (χ3n) is 7.11. The summed E-state index contributed by atoms with van der Waals surface area (Å²) in [6.07, 6.45) is 5.08. The molecule has 2 aromatic carbocycles. The number of thiazole rings is 1. The molecule has 0 spiro atoms. The van der Waals surface area contributed by atoms with Crippen LogP contribution >= 0.6 is 11.3 Å². The highest BCUT2D eigenvalue weighted by atomic mass is 32.2. The first-order valence-corrected chi connectivity index (χ1v) is 14.8. The quantitative estimate of drug-likeness (QED) is 0.408. The normalized spacial score (nSPS) is 15.2. The molecule has 7 nitrogen and oxygen atoms in total. The molecule has 194 valence electrons. The number of likely N-dealkylation sites (N-methyl/N-ethyl adjacent to an activating group) is 1. The van der Waals surface area contributed by atoms with Crippen molar-refractivity contribution in [3.8, 4) is 0 Å². The summed E-state index contributed by atoms with van der Waals surface area (Å²) in [5.74, 6) is -0.186. The lowest BCUT2D eigenvalue weighted by Gasteiger charge is -2.30. The van der Waals surface area contributed by atoms with E-state index in [0.29, 0.717) is 23.8 Å². The summed E-state index contributed by atoms with van der Waals surface area (Å²) in [6, 6.07) is 10.6. The van der Waals surface area contributed by atoms with E-state index in [2.05, 4.69) is 26.0 Å². The van der Waals surface area contributed by atoms with Gasteiger partial charge in [-0.3, -0.25) is 9.69 Å². The zero-order valence-electron chi connectivity index (χ0n) is 21.8. The van der Waals surface area contributed by atoms with Gasteiger partial charge in [-0.25, -0.2) is 13.4 Å². The maximum absolute atomic E-state index is 13.6. The van der Waals surface area contributed by atoms with Gasteiger partial charge in [-0.15, -0.1) is 0 Å². The third-order valence-corrected chi connectivity index (χ3v) is 10.1. The number of hydrogen-bond donors (Lipinski definition) is 0. The van der Waals surface area contributed by atoms with Gasteiger partial charge in [0.05, 0.1) is 15.1 Å². The van der Waals surface area contributed by atoms with Gasteiger partial charge >= 0.3 is 0 Å². The number of aromatic nitrogens is 1. The van der Waals surface area contributed by atoms with E-state index >= 15 is 0 Å². The number of aryl methyl sites for hydroxylation is 2. The lowest BCUT2D eigenvalue weighted by molar-refractivity contribution is 0.0985. The van der Waals surface area contributed by atoms with Gasteiger partial charge in [0.2, 0.25) is 10.0 Å². The molecule has 36 heavy (non-hydrogen) atoms. The monoisotopic (exact) mass is 528 g/mol. The molecule has 3 aromatic rings. The van der Waals surface area contributed by atoms with Crippen molar-refractivity contribution in [1.82, 2.24) is 14.2 Å². The molecule has 1 amide bonds. The van der Waals surface area contributed by atoms with Crippen LogP contribution in [0.2, 0.25) is 0 Å². The van der Waals surface area contributed by atoms with Crippen LogP contribution in [0.1, 0.15) is 53.6 Å². The standard InChI is InChI=1S/C27H36N4O3S2/c1-19-17-24-25(18-20(19)2)35-27(28-24)31(16-15-29(3)4)26(32)21-11-13-23(14-12-21)36(33,34)30(5)22-9-7-6-8-10-22/h11-14,17-18,22H,6-10,15-16H2,1-5H3. The second-order valence-electron chi connectivity index (χ2n) is 10.00. The Kier molecular flexibility index (Phi) is 8.14. The molecule has 9 heteroatoms. The van der Waals surface area contributed by atoms with E-state index in [-0.39, 0.29) is 16.8 Å². The van der Waals surface area contributed by atoms with Crippen molar-refractivity contribution in [3.05, 3.63) is 53.1 Å². The molecular formula is C27H36N4O3S2. The molecule has 0 bridgehead atoms. The second kappa shape index (κ2) is 11.0. The van der Waals surface area contributed by atoms with Gasteiger partial charge in [0, 0.05) is 31.7 Å². The first-order chi connectivity index (χ1) is 17.1. The molecule has 0 radical (unpaired) electrons. The lowest BCUT2D eigenvalue weighted by atomic mass is 9.96. The summed E-state index contributed by atoms with van der Waals surface area (Å²) < 4.78 is 29.0. The number of nitrogens with zero attached hydrogens (tertiary/aromatic N) is 4. The van der Waals surface area contributed by atoms with Crippen LogP contribution in [0, 0.1) is 13.8 Å². The van der Waals surface area contributed by atoms with E-state index in [4.69, 9.17) is 4.98 Å². The fraction of sp³-hybridized carbons (Fsp3) is 0.481. The molecule has 0 N–H and O–H groups in total. The first kappa shape index (κ1) is 26.7. The van der Waals surface area contributed by atoms with Crippen molar-refractivity contribution in [2.24, 2.45) is 0 Å². The first-order valence-electron chi connectivity index (χ1n) is 12.5. The predicted octanol–water partition coefficient (Wildman–Crippen LogP) is 5.07. The largest absolute Gasteiger partial charge is 0.308 e. The van der Waals surface area contributed by atoms with Crippen LogP contribution in [0.25, 0.3) is 10.2 Å². The van der Waals surface area contributed by atoms with E-state index in [1.54, 1.807) is 36.2 Å². The van der Waals surface area contributed by atoms with Crippen LogP contribution in [0.4, 0.5) is 5.13 Å². The zero-order valence-corrected chi connectivity index (χ0v) is 23.5. The average Bonchev–Trinajstić information content (AvgIpc) is 3.26. The number of carbonyl (C=O) groups excluding carboxylic acids is 1. The molecule has 1 fully saturated rings. The van der Waals surface area contributed by atoms with E-state index < -0.39 is 10.0 Å². The summed E-state index contributed by atoms with van der Waals surface area (Å²) >= 11 is 1.50. The second-order valence-corrected chi connectivity index (χ2v) is 13.0. The maximum Gasteiger partial charge on any atom is 0.260 e. The SMILES string of the molecule is Cc1cc2nc(N(CCN(C)C)C(=O)c3ccc(S(=O)(=O)N(C)C4CCCCC4)cc3)sc2cc1C. The number of benzene rings is 2. The Morgan fingerprint density at radius 3 is 2.25 bits per heavy atom. The Balaban J connectivity index is 1.60. The van der Waals surface area contributed by atoms with E-state index in [0.717, 1.165) is 35.9 Å². The van der Waals surface area contributed by atoms with Crippen molar-refractivity contribution in [1.29, 1.82) is 0 Å². The molecule has 0 aliphatic heterocycles. The van der Waals surface area contributed by atoms with E-state index in [9.17, 15) is 13.2 Å². The molecule has 1 aliphatic rings. The van der Waals surface area contributed by atoms with Crippen LogP contribution in [-0.4, -0.2) is 68.8 Å². The number of rotatable bonds is 8. The number of carbonyl (C=O) groups is 1. The fourth-order valence-electron chi connectivity index (χ4n) is 4.60. The Hall–Kier alpha value is -2.33. The average molecular weight is 529 g/mol. The molecule has 0 saturated heterocycles. The van der Waals surface area contributed by atoms with Gasteiger partial charge in [0.25, 0.3) is 5.91 Å². The van der Waals surface area contributed by atoms with Gasteiger partial charge in [-0.05, 0) is 88.3 Å². The third kappa shape index (κ3) is 5.64. The molecule has 0 unspecified atom stereocenters. The molecule has 4 rings (SSSR count). The van der Waals surface area contributed by atoms with Crippen LogP contribution < -0.4 is 4.90 Å². The molecular weight excluding hydrogens is 492 g/mol. The Bertz CT molecular complexity index is 1290. The number of amides is 1. The predicted molar refractivity (Wildman–Crippen MR) is 148 cm³/mol. The number of anilines is 1. The summed E-state index contributed by atoms with van der Waals surface area (Å²) in [7, 11) is 2.00. The van der Waals surface area contributed by atoms with Crippen LogP contribution in [0.15, 0.2) is 41.3 Å². The minimum absolute atomic E-state index is 0.0397. The molecule has 0 atom stereocenters. The fourth-order valence-corrected chi connectivity index (χ4v) is 7.09. The van der Waals surface area contributed by atoms with Gasteiger partial charge in [-0.2, -0.15) is 4.31 Å². The highest BCUT2D eigenvalue weighted by Gasteiger charge is 2.29. The van der Waals surface area contributed by atoms with Gasteiger partial charge in [0.15, 0.2) is 5.13 Å². The number of sulfonamides is 1. The number of fused-ring (bicyclic) bond motifs is 1. The Morgan fingerprint density at radius 1 is 0.972 bits per heavy atom. The summed E-state index contributed by atoms with van der Waals surface area (Å²) in [6.45, 7) is 5.29. The smallest absolute Gasteiger partial charge is 0.260 e. The molecule has 1 heterocycles. The minimum atomic E-state index is -3.61. The Morgan fingerprint density at radius 2 is 1.61 bits per heavy atom. The summed E-state index contributed by atoms with van der Waals surface area (Å²) in [5.41, 5.74) is 3.69. The zero-order chi connectivity index (χ0) is 26.0. The minimum Gasteiger partial charge on any atom is -0.308 e. The number of hydrogen-bond acceptors (Lipinski definition) is 6. The highest BCUT2D eigenvalue weighted by molar-refractivity contribution is 7.89. The van der Waals surface area contributed by atoms with Crippen LogP contribution in [-0.2, 0) is 10.0 Å².